The predicted molar refractivity (Wildman–Crippen MR) is 165 cm³/mol. The van der Waals surface area contributed by atoms with Gasteiger partial charge in [0.05, 0.1) is 35.9 Å². The molecule has 0 aliphatic carbocycles. The Morgan fingerprint density at radius 1 is 0.896 bits per heavy atom. The molecule has 0 fully saturated rings. The van der Waals surface area contributed by atoms with Crippen molar-refractivity contribution in [2.24, 2.45) is 5.92 Å². The number of nitrogens with one attached hydrogen (secondary N) is 3. The summed E-state index contributed by atoms with van der Waals surface area (Å²) >= 11 is 0. The molecule has 0 unspecified atom stereocenters. The molecular weight excluding hydrogens is 648 g/mol. The molecule has 1 heterocycles. The number of carbonyl (C=O) groups excluding carboxylic acids is 3. The summed E-state index contributed by atoms with van der Waals surface area (Å²) in [7, 11) is 1.47. The largest absolute Gasteiger partial charge is 0.487 e. The third-order valence-electron chi connectivity index (χ3n) is 7.66. The number of fused-ring (bicyclic) bond motifs is 1. The van der Waals surface area contributed by atoms with Gasteiger partial charge in [0.2, 0.25) is 0 Å². The Hall–Kier alpha value is -4.99. The minimum atomic E-state index is -4.54. The number of benzene rings is 3. The Bertz CT molecular complexity index is 1620. The van der Waals surface area contributed by atoms with Crippen LogP contribution in [0.5, 0.6) is 5.75 Å². The van der Waals surface area contributed by atoms with Crippen LogP contribution in [0.4, 0.5) is 53.0 Å². The van der Waals surface area contributed by atoms with Gasteiger partial charge in [-0.1, -0.05) is 6.92 Å². The third-order valence-corrected chi connectivity index (χ3v) is 7.66. The number of alkyl halides is 6. The molecule has 3 aromatic carbocycles. The van der Waals surface area contributed by atoms with E-state index in [1.54, 1.807) is 13.8 Å². The number of amides is 5. The summed E-state index contributed by atoms with van der Waals surface area (Å²) in [5, 5.41) is 17.4. The van der Waals surface area contributed by atoms with Crippen LogP contribution in [0.1, 0.15) is 35.3 Å². The molecule has 0 bridgehead atoms. The fourth-order valence-electron chi connectivity index (χ4n) is 4.87. The predicted octanol–water partition coefficient (Wildman–Crippen LogP) is 6.75. The number of aliphatic hydroxyl groups excluding tert-OH is 1. The van der Waals surface area contributed by atoms with E-state index in [0.29, 0.717) is 0 Å². The topological polar surface area (TPSA) is 123 Å². The molecule has 4 rings (SSSR count). The van der Waals surface area contributed by atoms with Gasteiger partial charge in [0.25, 0.3) is 5.91 Å². The van der Waals surface area contributed by atoms with Crippen molar-refractivity contribution in [3.05, 3.63) is 83.4 Å². The van der Waals surface area contributed by atoms with Crippen LogP contribution >= 0.6 is 0 Å². The zero-order chi connectivity index (χ0) is 35.4. The first-order valence-electron chi connectivity index (χ1n) is 14.6. The standard InChI is InChI=1S/C32H33F6N5O5/c1-18-15-43(19(2)17-44)28(45)25-14-24(40-29(46)39-22-8-4-20(5-9-22)31(33,34)35)12-13-26(25)48-27(18)16-42(3)30(47)41-23-10-6-21(7-11-23)32(36,37)38/h4-14,18-19,27,44H,15-17H2,1-3H3,(H,41,47)(H2,39,40,46)/t18-,19-,27+/m0/s1. The number of rotatable bonds is 7. The van der Waals surface area contributed by atoms with Gasteiger partial charge in [0, 0.05) is 36.6 Å². The number of likely N-dealkylation sites (N-methyl/N-ethyl adjacent to an activating group) is 1. The van der Waals surface area contributed by atoms with Gasteiger partial charge in [0.1, 0.15) is 11.9 Å². The quantitative estimate of drug-likeness (QED) is 0.206. The number of nitrogens with zero attached hydrogens (tertiary/aromatic N) is 2. The van der Waals surface area contributed by atoms with E-state index in [1.807, 2.05) is 0 Å². The van der Waals surface area contributed by atoms with E-state index in [1.165, 1.54) is 35.0 Å². The van der Waals surface area contributed by atoms with E-state index in [-0.39, 0.29) is 54.0 Å². The van der Waals surface area contributed by atoms with Gasteiger partial charge in [-0.25, -0.2) is 9.59 Å². The number of hydrogen-bond acceptors (Lipinski definition) is 5. The lowest BCUT2D eigenvalue weighted by Crippen LogP contribution is -2.50. The van der Waals surface area contributed by atoms with E-state index in [2.05, 4.69) is 16.0 Å². The molecule has 5 amide bonds. The average molecular weight is 682 g/mol. The number of hydrogen-bond donors (Lipinski definition) is 4. The van der Waals surface area contributed by atoms with Crippen LogP contribution in [0.15, 0.2) is 66.7 Å². The molecule has 0 spiro atoms. The molecule has 258 valence electrons. The Balaban J connectivity index is 1.51. The molecule has 48 heavy (non-hydrogen) atoms. The first-order valence-corrected chi connectivity index (χ1v) is 14.6. The van der Waals surface area contributed by atoms with Gasteiger partial charge in [-0.2, -0.15) is 26.3 Å². The summed E-state index contributed by atoms with van der Waals surface area (Å²) in [6.07, 6.45) is -9.76. The van der Waals surface area contributed by atoms with Crippen molar-refractivity contribution in [1.82, 2.24) is 9.80 Å². The summed E-state index contributed by atoms with van der Waals surface area (Å²) in [5.41, 5.74) is -1.31. The van der Waals surface area contributed by atoms with Gasteiger partial charge in [-0.05, 0) is 73.7 Å². The Labute approximate surface area is 271 Å². The minimum absolute atomic E-state index is 0.00184. The third kappa shape index (κ3) is 8.87. The molecule has 1 aliphatic rings. The Morgan fingerprint density at radius 3 is 1.92 bits per heavy atom. The van der Waals surface area contributed by atoms with Crippen LogP contribution in [0.2, 0.25) is 0 Å². The van der Waals surface area contributed by atoms with Crippen molar-refractivity contribution in [1.29, 1.82) is 0 Å². The van der Waals surface area contributed by atoms with Crippen LogP contribution in [0.25, 0.3) is 0 Å². The summed E-state index contributed by atoms with van der Waals surface area (Å²) in [4.78, 5) is 41.9. The fraction of sp³-hybridized carbons (Fsp3) is 0.344. The highest BCUT2D eigenvalue weighted by Gasteiger charge is 2.35. The van der Waals surface area contributed by atoms with Crippen molar-refractivity contribution in [2.75, 3.05) is 42.7 Å². The number of halogens is 6. The van der Waals surface area contributed by atoms with E-state index >= 15 is 0 Å². The normalized spacial score (nSPS) is 17.3. The first-order chi connectivity index (χ1) is 22.5. The molecule has 0 aromatic heterocycles. The van der Waals surface area contributed by atoms with Crippen LogP contribution in [0, 0.1) is 5.92 Å². The SMILES string of the molecule is C[C@H]1CN([C@@H](C)CO)C(=O)c2cc(NC(=O)Nc3ccc(C(F)(F)F)cc3)ccc2O[C@@H]1CN(C)C(=O)Nc1ccc(C(F)(F)F)cc1. The molecule has 0 saturated carbocycles. The smallest absolute Gasteiger partial charge is 0.416 e. The lowest BCUT2D eigenvalue weighted by molar-refractivity contribution is -0.138. The van der Waals surface area contributed by atoms with Crippen LogP contribution < -0.4 is 20.7 Å². The van der Waals surface area contributed by atoms with Gasteiger partial charge < -0.3 is 35.6 Å². The van der Waals surface area contributed by atoms with Gasteiger partial charge in [-0.15, -0.1) is 0 Å². The highest BCUT2D eigenvalue weighted by molar-refractivity contribution is 6.02. The maximum absolute atomic E-state index is 13.7. The van der Waals surface area contributed by atoms with Crippen molar-refractivity contribution < 1.29 is 50.6 Å². The van der Waals surface area contributed by atoms with Gasteiger partial charge in [-0.3, -0.25) is 4.79 Å². The van der Waals surface area contributed by atoms with Crippen molar-refractivity contribution >= 4 is 35.0 Å². The molecule has 0 saturated heterocycles. The van der Waals surface area contributed by atoms with Crippen molar-refractivity contribution in [3.8, 4) is 5.75 Å². The summed E-state index contributed by atoms with van der Waals surface area (Å²) in [6.45, 7) is 3.19. The van der Waals surface area contributed by atoms with Gasteiger partial charge in [0.15, 0.2) is 0 Å². The number of urea groups is 2. The van der Waals surface area contributed by atoms with Crippen LogP contribution in [0.3, 0.4) is 0 Å². The number of anilines is 3. The van der Waals surface area contributed by atoms with Crippen molar-refractivity contribution in [3.63, 3.8) is 0 Å². The number of carbonyl (C=O) groups is 3. The van der Waals surface area contributed by atoms with E-state index in [0.717, 1.165) is 48.5 Å². The average Bonchev–Trinajstić information content (AvgIpc) is 3.02. The molecule has 10 nitrogen and oxygen atoms in total. The molecule has 0 radical (unpaired) electrons. The highest BCUT2D eigenvalue weighted by Crippen LogP contribution is 2.33. The van der Waals surface area contributed by atoms with Crippen LogP contribution in [-0.4, -0.2) is 71.8 Å². The second kappa shape index (κ2) is 14.4. The fourth-order valence-corrected chi connectivity index (χ4v) is 4.87. The Kier molecular flexibility index (Phi) is 10.8. The Morgan fingerprint density at radius 2 is 1.40 bits per heavy atom. The van der Waals surface area contributed by atoms with Crippen molar-refractivity contribution in [2.45, 2.75) is 38.3 Å². The second-order valence-corrected chi connectivity index (χ2v) is 11.4. The molecule has 16 heteroatoms. The van der Waals surface area contributed by atoms with Crippen LogP contribution in [-0.2, 0) is 12.4 Å². The minimum Gasteiger partial charge on any atom is -0.487 e. The molecule has 1 aliphatic heterocycles. The second-order valence-electron chi connectivity index (χ2n) is 11.4. The molecule has 3 aromatic rings. The molecule has 3 atom stereocenters. The van der Waals surface area contributed by atoms with Gasteiger partial charge >= 0.3 is 24.4 Å². The monoisotopic (exact) mass is 681 g/mol. The first kappa shape index (κ1) is 35.9. The van der Waals surface area contributed by atoms with E-state index < -0.39 is 53.6 Å². The lowest BCUT2D eigenvalue weighted by Gasteiger charge is -2.38. The molecular formula is C32H33F6N5O5. The summed E-state index contributed by atoms with van der Waals surface area (Å²) < 4.78 is 83.5. The number of aliphatic hydroxyl groups is 1. The van der Waals surface area contributed by atoms with E-state index in [9.17, 15) is 45.8 Å². The number of ether oxygens (including phenoxy) is 1. The lowest BCUT2D eigenvalue weighted by atomic mass is 9.99. The van der Waals surface area contributed by atoms with E-state index in [4.69, 9.17) is 4.74 Å². The highest BCUT2D eigenvalue weighted by atomic mass is 19.4. The zero-order valence-corrected chi connectivity index (χ0v) is 25.9. The zero-order valence-electron chi connectivity index (χ0n) is 25.9. The summed E-state index contributed by atoms with van der Waals surface area (Å²) in [6, 6.07) is 10.0. The maximum atomic E-state index is 13.7. The summed E-state index contributed by atoms with van der Waals surface area (Å²) in [5.74, 6) is -0.751. The maximum Gasteiger partial charge on any atom is 0.416 e. The molecule has 4 N–H and O–H groups in total.